The maximum Gasteiger partial charge on any atom is 0.243 e. The van der Waals surface area contributed by atoms with Crippen LogP contribution in [0.4, 0.5) is 14.5 Å². The van der Waals surface area contributed by atoms with Crippen molar-refractivity contribution in [2.24, 2.45) is 0 Å². The predicted octanol–water partition coefficient (Wildman–Crippen LogP) is 2.86. The van der Waals surface area contributed by atoms with Gasteiger partial charge in [-0.1, -0.05) is 12.1 Å². The summed E-state index contributed by atoms with van der Waals surface area (Å²) in [5, 5.41) is 2.61. The fourth-order valence-corrected chi connectivity index (χ4v) is 3.40. The average molecular weight is 396 g/mol. The Balaban J connectivity index is 1.84. The highest BCUT2D eigenvalue weighted by atomic mass is 32.2. The molecule has 0 atom stereocenters. The zero-order valence-corrected chi connectivity index (χ0v) is 15.3. The molecule has 0 saturated heterocycles. The van der Waals surface area contributed by atoms with Gasteiger partial charge in [0, 0.05) is 30.3 Å². The highest BCUT2D eigenvalue weighted by Crippen LogP contribution is 2.15. The summed E-state index contributed by atoms with van der Waals surface area (Å²) in [4.78, 5) is 22.6. The molecule has 6 nitrogen and oxygen atoms in total. The monoisotopic (exact) mass is 396 g/mol. The molecule has 0 saturated carbocycles. The number of halogens is 2. The van der Waals surface area contributed by atoms with Crippen LogP contribution in [0.3, 0.4) is 0 Å². The number of hydrogen-bond donors (Lipinski definition) is 2. The minimum absolute atomic E-state index is 0.0126. The molecule has 2 N–H and O–H groups in total. The number of amides is 1. The SMILES string of the molecule is CC(=O)c1cccc(NC(=O)CCCNS(=O)(=O)c2ccc(F)cc2F)c1. The molecule has 0 aliphatic carbocycles. The first kappa shape index (κ1) is 20.7. The number of hydrogen-bond acceptors (Lipinski definition) is 4. The van der Waals surface area contributed by atoms with E-state index in [0.717, 1.165) is 12.1 Å². The Labute approximate surface area is 155 Å². The highest BCUT2D eigenvalue weighted by Gasteiger charge is 2.19. The Kier molecular flexibility index (Phi) is 6.75. The maximum absolute atomic E-state index is 13.6. The molecule has 0 fully saturated rings. The van der Waals surface area contributed by atoms with Crippen molar-refractivity contribution in [3.63, 3.8) is 0 Å². The van der Waals surface area contributed by atoms with Gasteiger partial charge in [0.05, 0.1) is 0 Å². The van der Waals surface area contributed by atoms with Gasteiger partial charge in [-0.25, -0.2) is 21.9 Å². The van der Waals surface area contributed by atoms with E-state index >= 15 is 0 Å². The summed E-state index contributed by atoms with van der Waals surface area (Å²) >= 11 is 0. The van der Waals surface area contributed by atoms with Crippen LogP contribution in [0.5, 0.6) is 0 Å². The lowest BCUT2D eigenvalue weighted by atomic mass is 10.1. The van der Waals surface area contributed by atoms with Gasteiger partial charge in [-0.05, 0) is 37.6 Å². The normalized spacial score (nSPS) is 11.2. The number of carbonyl (C=O) groups excluding carboxylic acids is 2. The molecule has 27 heavy (non-hydrogen) atoms. The molecular formula is C18H18F2N2O4S. The van der Waals surface area contributed by atoms with Gasteiger partial charge >= 0.3 is 0 Å². The van der Waals surface area contributed by atoms with Crippen molar-refractivity contribution in [1.29, 1.82) is 0 Å². The van der Waals surface area contributed by atoms with Crippen LogP contribution in [-0.4, -0.2) is 26.7 Å². The number of sulfonamides is 1. The van der Waals surface area contributed by atoms with Crippen molar-refractivity contribution in [3.05, 3.63) is 59.7 Å². The third-order valence-corrected chi connectivity index (χ3v) is 5.10. The zero-order valence-electron chi connectivity index (χ0n) is 14.5. The van der Waals surface area contributed by atoms with Crippen molar-refractivity contribution in [1.82, 2.24) is 4.72 Å². The standard InChI is InChI=1S/C18H18F2N2O4S/c1-12(23)13-4-2-5-15(10-13)22-18(24)6-3-9-21-27(25,26)17-8-7-14(19)11-16(17)20/h2,4-5,7-8,10-11,21H,3,6,9H2,1H3,(H,22,24). The van der Waals surface area contributed by atoms with Crippen LogP contribution in [0, 0.1) is 11.6 Å². The van der Waals surface area contributed by atoms with Crippen LogP contribution in [0.1, 0.15) is 30.1 Å². The Morgan fingerprint density at radius 3 is 2.48 bits per heavy atom. The molecule has 2 rings (SSSR count). The lowest BCUT2D eigenvalue weighted by molar-refractivity contribution is -0.116. The summed E-state index contributed by atoms with van der Waals surface area (Å²) in [7, 11) is -4.14. The zero-order chi connectivity index (χ0) is 20.0. The lowest BCUT2D eigenvalue weighted by Gasteiger charge is -2.09. The molecule has 0 bridgehead atoms. The molecule has 9 heteroatoms. The lowest BCUT2D eigenvalue weighted by Crippen LogP contribution is -2.26. The van der Waals surface area contributed by atoms with Gasteiger partial charge in [-0.3, -0.25) is 9.59 Å². The molecule has 0 aliphatic heterocycles. The number of rotatable bonds is 8. The van der Waals surface area contributed by atoms with E-state index in [2.05, 4.69) is 10.0 Å². The highest BCUT2D eigenvalue weighted by molar-refractivity contribution is 7.89. The van der Waals surface area contributed by atoms with Gasteiger partial charge in [0.25, 0.3) is 0 Å². The first-order valence-corrected chi connectivity index (χ1v) is 9.53. The largest absolute Gasteiger partial charge is 0.326 e. The van der Waals surface area contributed by atoms with Gasteiger partial charge in [0.15, 0.2) is 5.78 Å². The van der Waals surface area contributed by atoms with Crippen molar-refractivity contribution in [3.8, 4) is 0 Å². The van der Waals surface area contributed by atoms with E-state index in [-0.39, 0.29) is 31.1 Å². The molecule has 0 spiro atoms. The molecule has 2 aromatic rings. The van der Waals surface area contributed by atoms with Crippen LogP contribution in [0.2, 0.25) is 0 Å². The predicted molar refractivity (Wildman–Crippen MR) is 95.9 cm³/mol. The first-order valence-electron chi connectivity index (χ1n) is 8.04. The minimum Gasteiger partial charge on any atom is -0.326 e. The molecule has 0 radical (unpaired) electrons. The van der Waals surface area contributed by atoms with Gasteiger partial charge in [-0.2, -0.15) is 0 Å². The van der Waals surface area contributed by atoms with Crippen LogP contribution in [-0.2, 0) is 14.8 Å². The van der Waals surface area contributed by atoms with E-state index in [0.29, 0.717) is 17.3 Å². The van der Waals surface area contributed by atoms with Gasteiger partial charge in [0.1, 0.15) is 16.5 Å². The Hall–Kier alpha value is -2.65. The first-order chi connectivity index (χ1) is 12.7. The fraction of sp³-hybridized carbons (Fsp3) is 0.222. The van der Waals surface area contributed by atoms with E-state index in [1.807, 2.05) is 0 Å². The Bertz CT molecular complexity index is 962. The Morgan fingerprint density at radius 2 is 1.81 bits per heavy atom. The van der Waals surface area contributed by atoms with Crippen molar-refractivity contribution in [2.45, 2.75) is 24.7 Å². The van der Waals surface area contributed by atoms with Gasteiger partial charge in [0.2, 0.25) is 15.9 Å². The van der Waals surface area contributed by atoms with Crippen LogP contribution in [0.15, 0.2) is 47.4 Å². The van der Waals surface area contributed by atoms with Crippen molar-refractivity contribution < 1.29 is 26.8 Å². The quantitative estimate of drug-likeness (QED) is 0.530. The molecular weight excluding hydrogens is 378 g/mol. The summed E-state index contributed by atoms with van der Waals surface area (Å²) < 4.78 is 52.6. The topological polar surface area (TPSA) is 92.3 Å². The van der Waals surface area contributed by atoms with E-state index in [9.17, 15) is 26.8 Å². The van der Waals surface area contributed by atoms with Gasteiger partial charge in [-0.15, -0.1) is 0 Å². The van der Waals surface area contributed by atoms with Crippen LogP contribution >= 0.6 is 0 Å². The third kappa shape index (κ3) is 5.93. The molecule has 2 aromatic carbocycles. The minimum atomic E-state index is -4.14. The van der Waals surface area contributed by atoms with E-state index in [4.69, 9.17) is 0 Å². The van der Waals surface area contributed by atoms with Crippen LogP contribution in [0.25, 0.3) is 0 Å². The fourth-order valence-electron chi connectivity index (χ4n) is 2.27. The van der Waals surface area contributed by atoms with E-state index < -0.39 is 26.6 Å². The third-order valence-electron chi connectivity index (χ3n) is 3.61. The second kappa shape index (κ2) is 8.83. The molecule has 0 aromatic heterocycles. The summed E-state index contributed by atoms with van der Waals surface area (Å²) in [5.41, 5.74) is 0.920. The summed E-state index contributed by atoms with van der Waals surface area (Å²) in [6, 6.07) is 8.60. The van der Waals surface area contributed by atoms with Crippen molar-refractivity contribution in [2.75, 3.05) is 11.9 Å². The number of carbonyl (C=O) groups is 2. The number of nitrogens with one attached hydrogen (secondary N) is 2. The molecule has 0 aliphatic rings. The van der Waals surface area contributed by atoms with Gasteiger partial charge < -0.3 is 5.32 Å². The molecule has 0 heterocycles. The molecule has 1 amide bonds. The second-order valence-corrected chi connectivity index (χ2v) is 7.50. The molecule has 144 valence electrons. The number of anilines is 1. The second-order valence-electron chi connectivity index (χ2n) is 5.76. The van der Waals surface area contributed by atoms with Crippen molar-refractivity contribution >= 4 is 27.4 Å². The summed E-state index contributed by atoms with van der Waals surface area (Å²) in [6.07, 6.45) is 0.180. The van der Waals surface area contributed by atoms with E-state index in [1.165, 1.54) is 6.92 Å². The average Bonchev–Trinajstić information content (AvgIpc) is 2.58. The van der Waals surface area contributed by atoms with E-state index in [1.54, 1.807) is 24.3 Å². The maximum atomic E-state index is 13.6. The Morgan fingerprint density at radius 1 is 1.07 bits per heavy atom. The number of benzene rings is 2. The molecule has 0 unspecified atom stereocenters. The number of ketones is 1. The van der Waals surface area contributed by atoms with Crippen LogP contribution < -0.4 is 10.0 Å². The summed E-state index contributed by atoms with van der Waals surface area (Å²) in [5.74, 6) is -2.56. The summed E-state index contributed by atoms with van der Waals surface area (Å²) in [6.45, 7) is 1.32. The number of Topliss-reactive ketones (excluding diaryl/α,β-unsaturated/α-hetero) is 1. The smallest absolute Gasteiger partial charge is 0.243 e.